The highest BCUT2D eigenvalue weighted by Crippen LogP contribution is 2.15. The van der Waals surface area contributed by atoms with Gasteiger partial charge in [0.15, 0.2) is 0 Å². The molecule has 19 heavy (non-hydrogen) atoms. The van der Waals surface area contributed by atoms with Gasteiger partial charge >= 0.3 is 0 Å². The van der Waals surface area contributed by atoms with Crippen molar-refractivity contribution in [2.75, 3.05) is 20.1 Å². The zero-order valence-corrected chi connectivity index (χ0v) is 13.0. The fraction of sp³-hybridized carbons (Fsp3) is 0.625. The molecule has 1 unspecified atom stereocenters. The van der Waals surface area contributed by atoms with Crippen LogP contribution in [0.25, 0.3) is 0 Å². The summed E-state index contributed by atoms with van der Waals surface area (Å²) in [6, 6.07) is 9.83. The van der Waals surface area contributed by atoms with E-state index in [4.69, 9.17) is 0 Å². The average molecular weight is 283 g/mol. The van der Waals surface area contributed by atoms with Crippen molar-refractivity contribution in [3.8, 4) is 0 Å². The standard InChI is InChI=1S/C16H26N2.ClH/c1-3-14-6-8-15(9-7-14)13-18(2)16-5-4-11-17-12-10-16;/h6-9,16-17H,3-5,10-13H2,1-2H3;1H. The normalized spacial score (nSPS) is 19.8. The highest BCUT2D eigenvalue weighted by Gasteiger charge is 2.16. The molecule has 1 saturated heterocycles. The van der Waals surface area contributed by atoms with Gasteiger partial charge in [0.1, 0.15) is 0 Å². The Labute approximate surface area is 124 Å². The number of nitrogens with zero attached hydrogens (tertiary/aromatic N) is 1. The van der Waals surface area contributed by atoms with Crippen LogP contribution in [0.4, 0.5) is 0 Å². The van der Waals surface area contributed by atoms with Gasteiger partial charge in [-0.3, -0.25) is 4.90 Å². The third-order valence-electron chi connectivity index (χ3n) is 4.03. The predicted molar refractivity (Wildman–Crippen MR) is 85.0 cm³/mol. The van der Waals surface area contributed by atoms with Gasteiger partial charge in [-0.15, -0.1) is 12.4 Å². The first kappa shape index (κ1) is 16.5. The summed E-state index contributed by atoms with van der Waals surface area (Å²) in [5.41, 5.74) is 2.87. The van der Waals surface area contributed by atoms with E-state index in [0.717, 1.165) is 19.0 Å². The third kappa shape index (κ3) is 5.13. The second-order valence-electron chi connectivity index (χ2n) is 5.42. The van der Waals surface area contributed by atoms with Gasteiger partial charge < -0.3 is 5.32 Å². The Balaban J connectivity index is 0.00000180. The molecule has 0 radical (unpaired) electrons. The topological polar surface area (TPSA) is 15.3 Å². The second kappa shape index (κ2) is 8.57. The van der Waals surface area contributed by atoms with Crippen LogP contribution in [0.15, 0.2) is 24.3 Å². The first-order chi connectivity index (χ1) is 8.79. The molecule has 0 amide bonds. The molecule has 2 rings (SSSR count). The predicted octanol–water partition coefficient (Wildman–Crippen LogP) is 3.24. The molecule has 0 aromatic heterocycles. The highest BCUT2D eigenvalue weighted by atomic mass is 35.5. The maximum absolute atomic E-state index is 3.48. The zero-order chi connectivity index (χ0) is 12.8. The number of aryl methyl sites for hydroxylation is 1. The van der Waals surface area contributed by atoms with E-state index in [2.05, 4.69) is 48.5 Å². The van der Waals surface area contributed by atoms with Crippen molar-refractivity contribution in [2.24, 2.45) is 0 Å². The van der Waals surface area contributed by atoms with E-state index in [9.17, 15) is 0 Å². The fourth-order valence-electron chi connectivity index (χ4n) is 2.74. The van der Waals surface area contributed by atoms with Crippen LogP contribution in [0.5, 0.6) is 0 Å². The molecule has 2 nitrogen and oxygen atoms in total. The quantitative estimate of drug-likeness (QED) is 0.912. The summed E-state index contributed by atoms with van der Waals surface area (Å²) in [6.45, 7) is 5.65. The molecule has 0 bridgehead atoms. The van der Waals surface area contributed by atoms with Gasteiger partial charge in [0.05, 0.1) is 0 Å². The molecular weight excluding hydrogens is 256 g/mol. The molecule has 1 N–H and O–H groups in total. The molecular formula is C16H27ClN2. The van der Waals surface area contributed by atoms with Crippen molar-refractivity contribution in [1.82, 2.24) is 10.2 Å². The lowest BCUT2D eigenvalue weighted by Crippen LogP contribution is -2.31. The Morgan fingerprint density at radius 3 is 2.47 bits per heavy atom. The molecule has 3 heteroatoms. The van der Waals surface area contributed by atoms with Gasteiger partial charge in [-0.25, -0.2) is 0 Å². The first-order valence-electron chi connectivity index (χ1n) is 7.28. The number of hydrogen-bond donors (Lipinski definition) is 1. The van der Waals surface area contributed by atoms with Crippen molar-refractivity contribution in [3.63, 3.8) is 0 Å². The molecule has 1 atom stereocenters. The van der Waals surface area contributed by atoms with Crippen LogP contribution in [0.1, 0.15) is 37.3 Å². The monoisotopic (exact) mass is 282 g/mol. The van der Waals surface area contributed by atoms with Crippen molar-refractivity contribution in [1.29, 1.82) is 0 Å². The minimum atomic E-state index is 0. The lowest BCUT2D eigenvalue weighted by Gasteiger charge is -2.26. The summed E-state index contributed by atoms with van der Waals surface area (Å²) in [7, 11) is 2.27. The van der Waals surface area contributed by atoms with Gasteiger partial charge in [0.25, 0.3) is 0 Å². The van der Waals surface area contributed by atoms with E-state index in [1.54, 1.807) is 0 Å². The summed E-state index contributed by atoms with van der Waals surface area (Å²) in [4.78, 5) is 2.52. The summed E-state index contributed by atoms with van der Waals surface area (Å²) < 4.78 is 0. The molecule has 0 spiro atoms. The van der Waals surface area contributed by atoms with Gasteiger partial charge in [0, 0.05) is 12.6 Å². The van der Waals surface area contributed by atoms with Crippen molar-refractivity contribution >= 4 is 12.4 Å². The van der Waals surface area contributed by atoms with Gasteiger partial charge in [-0.2, -0.15) is 0 Å². The number of nitrogens with one attached hydrogen (secondary N) is 1. The molecule has 1 aliphatic heterocycles. The number of halogens is 1. The average Bonchev–Trinajstić information content (AvgIpc) is 2.68. The molecule has 1 heterocycles. The van der Waals surface area contributed by atoms with Crippen LogP contribution in [0.2, 0.25) is 0 Å². The zero-order valence-electron chi connectivity index (χ0n) is 12.2. The summed E-state index contributed by atoms with van der Waals surface area (Å²) in [5.74, 6) is 0. The van der Waals surface area contributed by atoms with Crippen LogP contribution in [0, 0.1) is 0 Å². The minimum absolute atomic E-state index is 0. The van der Waals surface area contributed by atoms with Crippen LogP contribution in [-0.2, 0) is 13.0 Å². The van der Waals surface area contributed by atoms with E-state index in [0.29, 0.717) is 0 Å². The summed E-state index contributed by atoms with van der Waals surface area (Å²) >= 11 is 0. The molecule has 1 aromatic carbocycles. The van der Waals surface area contributed by atoms with E-state index < -0.39 is 0 Å². The maximum atomic E-state index is 3.48. The molecule has 0 saturated carbocycles. The SMILES string of the molecule is CCc1ccc(CN(C)C2CCCNCC2)cc1.Cl. The highest BCUT2D eigenvalue weighted by molar-refractivity contribution is 5.85. The third-order valence-corrected chi connectivity index (χ3v) is 4.03. The molecule has 1 aromatic rings. The number of rotatable bonds is 4. The Bertz CT molecular complexity index is 342. The van der Waals surface area contributed by atoms with E-state index in [1.807, 2.05) is 0 Å². The Hall–Kier alpha value is -0.570. The van der Waals surface area contributed by atoms with Crippen molar-refractivity contribution < 1.29 is 0 Å². The minimum Gasteiger partial charge on any atom is -0.317 e. The molecule has 108 valence electrons. The van der Waals surface area contributed by atoms with Gasteiger partial charge in [-0.1, -0.05) is 31.2 Å². The van der Waals surface area contributed by atoms with Crippen LogP contribution in [0.3, 0.4) is 0 Å². The lowest BCUT2D eigenvalue weighted by molar-refractivity contribution is 0.216. The van der Waals surface area contributed by atoms with Gasteiger partial charge in [0.2, 0.25) is 0 Å². The molecule has 1 aliphatic rings. The van der Waals surface area contributed by atoms with Crippen LogP contribution < -0.4 is 5.32 Å². The van der Waals surface area contributed by atoms with E-state index >= 15 is 0 Å². The Morgan fingerprint density at radius 2 is 1.79 bits per heavy atom. The number of hydrogen-bond acceptors (Lipinski definition) is 2. The van der Waals surface area contributed by atoms with Crippen molar-refractivity contribution in [2.45, 2.75) is 45.2 Å². The lowest BCUT2D eigenvalue weighted by atomic mass is 10.1. The van der Waals surface area contributed by atoms with E-state index in [1.165, 1.54) is 43.5 Å². The smallest absolute Gasteiger partial charge is 0.0233 e. The molecule has 1 fully saturated rings. The van der Waals surface area contributed by atoms with Crippen molar-refractivity contribution in [3.05, 3.63) is 35.4 Å². The van der Waals surface area contributed by atoms with Crippen LogP contribution in [-0.4, -0.2) is 31.1 Å². The van der Waals surface area contributed by atoms with Gasteiger partial charge in [-0.05, 0) is 56.9 Å². The van der Waals surface area contributed by atoms with E-state index in [-0.39, 0.29) is 12.4 Å². The summed E-state index contributed by atoms with van der Waals surface area (Å²) in [5, 5.41) is 3.48. The number of benzene rings is 1. The maximum Gasteiger partial charge on any atom is 0.0233 e. The Morgan fingerprint density at radius 1 is 1.11 bits per heavy atom. The Kier molecular flexibility index (Phi) is 7.44. The molecule has 0 aliphatic carbocycles. The second-order valence-corrected chi connectivity index (χ2v) is 5.42. The summed E-state index contributed by atoms with van der Waals surface area (Å²) in [6.07, 6.45) is 5.05. The first-order valence-corrected chi connectivity index (χ1v) is 7.28. The fourth-order valence-corrected chi connectivity index (χ4v) is 2.74. The largest absolute Gasteiger partial charge is 0.317 e. The van der Waals surface area contributed by atoms with Crippen LogP contribution >= 0.6 is 12.4 Å².